The van der Waals surface area contributed by atoms with Crippen LogP contribution in [0.1, 0.15) is 28.4 Å². The number of aromatic nitrogens is 3. The van der Waals surface area contributed by atoms with Gasteiger partial charge in [0.25, 0.3) is 11.9 Å². The lowest BCUT2D eigenvalue weighted by Crippen LogP contribution is -2.39. The number of amides is 1. The van der Waals surface area contributed by atoms with Crippen LogP contribution in [0.3, 0.4) is 0 Å². The highest BCUT2D eigenvalue weighted by atomic mass is 16.5. The third-order valence-corrected chi connectivity index (χ3v) is 3.75. The van der Waals surface area contributed by atoms with E-state index in [1.807, 2.05) is 18.2 Å². The van der Waals surface area contributed by atoms with E-state index in [0.717, 1.165) is 5.69 Å². The second-order valence-electron chi connectivity index (χ2n) is 5.05. The number of carbonyl (C=O) groups excluding carboxylic acids is 1. The van der Waals surface area contributed by atoms with Gasteiger partial charge in [-0.05, 0) is 12.1 Å². The Morgan fingerprint density at radius 3 is 2.95 bits per heavy atom. The lowest BCUT2D eigenvalue weighted by Gasteiger charge is -2.34. The predicted molar refractivity (Wildman–Crippen MR) is 76.9 cm³/mol. The highest BCUT2D eigenvalue weighted by Gasteiger charge is 2.45. The Morgan fingerprint density at radius 1 is 1.36 bits per heavy atom. The normalized spacial score (nSPS) is 25.5. The molecule has 4 rings (SSSR count). The first-order chi connectivity index (χ1) is 10.6. The second kappa shape index (κ2) is 4.45. The molecule has 0 fully saturated rings. The average molecular weight is 299 g/mol. The third-order valence-electron chi connectivity index (χ3n) is 3.75. The number of primary amides is 1. The molecule has 0 aromatic carbocycles. The molecule has 22 heavy (non-hydrogen) atoms. The monoisotopic (exact) mass is 299 g/mol. The van der Waals surface area contributed by atoms with Gasteiger partial charge in [0, 0.05) is 6.20 Å². The molecular weight excluding hydrogens is 286 g/mol. The minimum Gasteiger partial charge on any atom is -0.455 e. The lowest BCUT2D eigenvalue weighted by molar-refractivity contribution is 0.0994. The van der Waals surface area contributed by atoms with Crippen molar-refractivity contribution in [3.63, 3.8) is 0 Å². The number of amidine groups is 1. The zero-order chi connectivity index (χ0) is 15.3. The standard InChI is InChI=1S/C13H13N7O2/c14-10(21)8-11-18-7(6-3-1-2-4-16-6)9-12(19-13(15)22-9)20(11)5-17-8/h1-5,7,9,12,18H,(H2,14,21)(H2,15,19)/t7?,9-,12+/m1/s1. The SMILES string of the molecule is NC(=O)c1ncn2c1NC(c1ccccn1)[C@H]1OC(N)=N[C@H]12. The van der Waals surface area contributed by atoms with E-state index in [2.05, 4.69) is 20.3 Å². The molecule has 1 amide bonds. The fourth-order valence-corrected chi connectivity index (χ4v) is 2.81. The minimum absolute atomic E-state index is 0.0971. The Morgan fingerprint density at radius 2 is 2.23 bits per heavy atom. The third kappa shape index (κ3) is 1.72. The summed E-state index contributed by atoms with van der Waals surface area (Å²) in [4.78, 5) is 24.2. The summed E-state index contributed by atoms with van der Waals surface area (Å²) in [5.41, 5.74) is 12.0. The van der Waals surface area contributed by atoms with Gasteiger partial charge in [0.2, 0.25) is 0 Å². The maximum absolute atomic E-state index is 11.5. The van der Waals surface area contributed by atoms with Crippen LogP contribution in [0.25, 0.3) is 0 Å². The molecule has 2 aromatic rings. The van der Waals surface area contributed by atoms with E-state index in [1.165, 1.54) is 6.33 Å². The van der Waals surface area contributed by atoms with Crippen molar-refractivity contribution in [3.8, 4) is 0 Å². The summed E-state index contributed by atoms with van der Waals surface area (Å²) in [7, 11) is 0. The molecule has 0 spiro atoms. The number of hydrogen-bond donors (Lipinski definition) is 3. The molecule has 0 saturated heterocycles. The molecule has 2 aliphatic heterocycles. The number of imidazole rings is 1. The number of hydrogen-bond acceptors (Lipinski definition) is 7. The first kappa shape index (κ1) is 12.6. The zero-order valence-electron chi connectivity index (χ0n) is 11.4. The molecule has 9 nitrogen and oxygen atoms in total. The van der Waals surface area contributed by atoms with Crippen molar-refractivity contribution >= 4 is 17.7 Å². The molecule has 3 atom stereocenters. The van der Waals surface area contributed by atoms with Crippen molar-refractivity contribution in [1.29, 1.82) is 0 Å². The summed E-state index contributed by atoms with van der Waals surface area (Å²) in [6.45, 7) is 0. The number of aliphatic imine (C=N–C) groups is 1. The molecule has 9 heteroatoms. The number of pyridine rings is 1. The summed E-state index contributed by atoms with van der Waals surface area (Å²) in [5.74, 6) is -0.123. The van der Waals surface area contributed by atoms with Crippen molar-refractivity contribution in [2.75, 3.05) is 5.32 Å². The quantitative estimate of drug-likeness (QED) is 0.700. The number of carbonyl (C=O) groups is 1. The van der Waals surface area contributed by atoms with Crippen LogP contribution in [0.4, 0.5) is 5.82 Å². The molecule has 0 radical (unpaired) electrons. The van der Waals surface area contributed by atoms with Crippen LogP contribution in [0.15, 0.2) is 35.7 Å². The number of anilines is 1. The van der Waals surface area contributed by atoms with Gasteiger partial charge in [-0.1, -0.05) is 6.07 Å². The first-order valence-electron chi connectivity index (χ1n) is 6.69. The van der Waals surface area contributed by atoms with Crippen LogP contribution in [0, 0.1) is 0 Å². The minimum atomic E-state index is -0.615. The van der Waals surface area contributed by atoms with Gasteiger partial charge in [-0.2, -0.15) is 0 Å². The van der Waals surface area contributed by atoms with E-state index in [4.69, 9.17) is 16.2 Å². The van der Waals surface area contributed by atoms with E-state index in [1.54, 1.807) is 10.8 Å². The Kier molecular flexibility index (Phi) is 2.55. The summed E-state index contributed by atoms with van der Waals surface area (Å²) in [6.07, 6.45) is 2.40. The maximum atomic E-state index is 11.5. The van der Waals surface area contributed by atoms with E-state index in [0.29, 0.717) is 5.82 Å². The Labute approximate surface area is 125 Å². The first-order valence-corrected chi connectivity index (χ1v) is 6.69. The number of nitrogens with two attached hydrogens (primary N) is 2. The fraction of sp³-hybridized carbons (Fsp3) is 0.231. The number of ether oxygens (including phenoxy) is 1. The van der Waals surface area contributed by atoms with Gasteiger partial charge < -0.3 is 21.5 Å². The van der Waals surface area contributed by atoms with E-state index in [-0.39, 0.29) is 23.9 Å². The Hall–Kier alpha value is -3.10. The number of fused-ring (bicyclic) bond motifs is 3. The smallest absolute Gasteiger partial charge is 0.284 e. The van der Waals surface area contributed by atoms with E-state index in [9.17, 15) is 4.79 Å². The predicted octanol–water partition coefficient (Wildman–Crippen LogP) is -0.244. The molecule has 5 N–H and O–H groups in total. The largest absolute Gasteiger partial charge is 0.455 e. The van der Waals surface area contributed by atoms with Crippen LogP contribution in [-0.4, -0.2) is 32.6 Å². The molecule has 1 unspecified atom stereocenters. The van der Waals surface area contributed by atoms with Crippen LogP contribution < -0.4 is 16.8 Å². The molecule has 0 aliphatic carbocycles. The van der Waals surface area contributed by atoms with Gasteiger partial charge in [-0.3, -0.25) is 14.3 Å². The Balaban J connectivity index is 1.84. The highest BCUT2D eigenvalue weighted by molar-refractivity contribution is 5.96. The van der Waals surface area contributed by atoms with Crippen molar-refractivity contribution in [3.05, 3.63) is 42.1 Å². The molecule has 112 valence electrons. The van der Waals surface area contributed by atoms with Crippen molar-refractivity contribution < 1.29 is 9.53 Å². The number of nitrogens with one attached hydrogen (secondary N) is 1. The topological polar surface area (TPSA) is 133 Å². The van der Waals surface area contributed by atoms with Crippen molar-refractivity contribution in [1.82, 2.24) is 14.5 Å². The molecular formula is C13H13N7O2. The number of rotatable bonds is 2. The van der Waals surface area contributed by atoms with Gasteiger partial charge in [0.05, 0.1) is 12.0 Å². The van der Waals surface area contributed by atoms with Gasteiger partial charge in [-0.25, -0.2) is 9.98 Å². The fourth-order valence-electron chi connectivity index (χ4n) is 2.81. The zero-order valence-corrected chi connectivity index (χ0v) is 11.4. The van der Waals surface area contributed by atoms with Crippen molar-refractivity contribution in [2.24, 2.45) is 16.5 Å². The Bertz CT molecular complexity index is 770. The van der Waals surface area contributed by atoms with Gasteiger partial charge in [-0.15, -0.1) is 0 Å². The average Bonchev–Trinajstić information content (AvgIpc) is 3.09. The summed E-state index contributed by atoms with van der Waals surface area (Å²) in [5, 5.41) is 3.22. The highest BCUT2D eigenvalue weighted by Crippen LogP contribution is 2.41. The maximum Gasteiger partial charge on any atom is 0.284 e. The number of nitrogens with zero attached hydrogens (tertiary/aromatic N) is 4. The summed E-state index contributed by atoms with van der Waals surface area (Å²) >= 11 is 0. The molecule has 2 aromatic heterocycles. The van der Waals surface area contributed by atoms with Crippen LogP contribution in [-0.2, 0) is 4.74 Å². The van der Waals surface area contributed by atoms with Crippen LogP contribution in [0.2, 0.25) is 0 Å². The molecule has 2 aliphatic rings. The van der Waals surface area contributed by atoms with Crippen molar-refractivity contribution in [2.45, 2.75) is 18.3 Å². The molecule has 4 heterocycles. The van der Waals surface area contributed by atoms with Gasteiger partial charge in [0.1, 0.15) is 11.9 Å². The molecule has 0 bridgehead atoms. The van der Waals surface area contributed by atoms with Gasteiger partial charge in [0.15, 0.2) is 18.0 Å². The van der Waals surface area contributed by atoms with E-state index < -0.39 is 12.1 Å². The van der Waals surface area contributed by atoms with Gasteiger partial charge >= 0.3 is 0 Å². The summed E-state index contributed by atoms with van der Waals surface area (Å²) in [6, 6.07) is 5.34. The van der Waals surface area contributed by atoms with Crippen LogP contribution in [0.5, 0.6) is 0 Å². The van der Waals surface area contributed by atoms with E-state index >= 15 is 0 Å². The lowest BCUT2D eigenvalue weighted by atomic mass is 10.0. The molecule has 0 saturated carbocycles. The second-order valence-corrected chi connectivity index (χ2v) is 5.05. The summed E-state index contributed by atoms with van der Waals surface area (Å²) < 4.78 is 7.32. The van der Waals surface area contributed by atoms with Crippen LogP contribution >= 0.6 is 0 Å².